The third-order valence-corrected chi connectivity index (χ3v) is 10.7. The zero-order chi connectivity index (χ0) is 29.4. The minimum Gasteiger partial charge on any atom is -0.381 e. The quantitative estimate of drug-likeness (QED) is 0.483. The summed E-state index contributed by atoms with van der Waals surface area (Å²) in [6.45, 7) is 11.2. The van der Waals surface area contributed by atoms with Crippen LogP contribution < -0.4 is 5.32 Å². The maximum atomic E-state index is 13.8. The van der Waals surface area contributed by atoms with Gasteiger partial charge in [-0.15, -0.1) is 0 Å². The second-order valence-electron chi connectivity index (χ2n) is 13.8. The van der Waals surface area contributed by atoms with E-state index < -0.39 is 0 Å². The van der Waals surface area contributed by atoms with E-state index >= 15 is 0 Å². The highest BCUT2D eigenvalue weighted by molar-refractivity contribution is 5.84. The zero-order valence-electron chi connectivity index (χ0n) is 25.7. The summed E-state index contributed by atoms with van der Waals surface area (Å²) in [7, 11) is 0. The Kier molecular flexibility index (Phi) is 8.51. The van der Waals surface area contributed by atoms with Crippen LogP contribution in [0.2, 0.25) is 0 Å². The highest BCUT2D eigenvalue weighted by atomic mass is 16.5. The van der Waals surface area contributed by atoms with Gasteiger partial charge in [-0.3, -0.25) is 14.5 Å². The topological polar surface area (TPSA) is 85.4 Å². The van der Waals surface area contributed by atoms with Crippen LogP contribution in [0, 0.1) is 11.8 Å². The predicted molar refractivity (Wildman–Crippen MR) is 161 cm³/mol. The van der Waals surface area contributed by atoms with Crippen molar-refractivity contribution in [3.63, 3.8) is 0 Å². The Labute approximate surface area is 250 Å². The maximum Gasteiger partial charge on any atom is 0.320 e. The van der Waals surface area contributed by atoms with Crippen molar-refractivity contribution in [2.75, 3.05) is 45.9 Å². The Hall–Kier alpha value is -2.65. The SMILES string of the molecule is CC(=O)N1CC(C(=O)N[C@@H](CCN2C3CCC2CC2(C3)CN(CC3CCOCC3)C(=O)N2C(C)C)c2ccccc2)C1. The van der Waals surface area contributed by atoms with E-state index in [9.17, 15) is 14.4 Å². The molecule has 230 valence electrons. The minimum absolute atomic E-state index is 0.0312. The molecule has 2 unspecified atom stereocenters. The van der Waals surface area contributed by atoms with E-state index in [0.29, 0.717) is 31.1 Å². The maximum absolute atomic E-state index is 13.8. The number of fused-ring (bicyclic) bond motifs is 2. The van der Waals surface area contributed by atoms with Gasteiger partial charge in [0, 0.05) is 71.0 Å². The van der Waals surface area contributed by atoms with E-state index in [2.05, 4.69) is 46.0 Å². The predicted octanol–water partition coefficient (Wildman–Crippen LogP) is 3.65. The summed E-state index contributed by atoms with van der Waals surface area (Å²) < 4.78 is 5.57. The summed E-state index contributed by atoms with van der Waals surface area (Å²) in [6, 6.07) is 11.6. The molecule has 5 aliphatic rings. The number of carbonyl (C=O) groups is 3. The molecule has 2 bridgehead atoms. The molecule has 5 aliphatic heterocycles. The van der Waals surface area contributed by atoms with Crippen molar-refractivity contribution in [3.8, 4) is 0 Å². The first-order chi connectivity index (χ1) is 20.2. The average Bonchev–Trinajstić information content (AvgIpc) is 3.34. The molecule has 0 aromatic heterocycles. The van der Waals surface area contributed by atoms with Gasteiger partial charge in [0.2, 0.25) is 11.8 Å². The lowest BCUT2D eigenvalue weighted by Crippen LogP contribution is -2.60. The summed E-state index contributed by atoms with van der Waals surface area (Å²) in [6.07, 6.45) is 7.36. The van der Waals surface area contributed by atoms with E-state index in [0.717, 1.165) is 70.5 Å². The summed E-state index contributed by atoms with van der Waals surface area (Å²) in [4.78, 5) is 47.3. The molecule has 1 spiro atoms. The molecule has 6 rings (SSSR count). The molecule has 0 aliphatic carbocycles. The fourth-order valence-electron chi connectivity index (χ4n) is 8.59. The van der Waals surface area contributed by atoms with Crippen LogP contribution in [0.3, 0.4) is 0 Å². The minimum atomic E-state index is -0.128. The van der Waals surface area contributed by atoms with E-state index in [1.54, 1.807) is 11.8 Å². The van der Waals surface area contributed by atoms with Gasteiger partial charge in [-0.05, 0) is 70.3 Å². The van der Waals surface area contributed by atoms with Crippen LogP contribution in [0.25, 0.3) is 0 Å². The summed E-state index contributed by atoms with van der Waals surface area (Å²) in [5.74, 6) is 0.490. The molecule has 0 radical (unpaired) electrons. The number of carbonyl (C=O) groups excluding carboxylic acids is 3. The number of rotatable bonds is 9. The van der Waals surface area contributed by atoms with Crippen molar-refractivity contribution >= 4 is 17.8 Å². The number of benzene rings is 1. The summed E-state index contributed by atoms with van der Waals surface area (Å²) >= 11 is 0. The molecule has 5 fully saturated rings. The second-order valence-corrected chi connectivity index (χ2v) is 13.8. The first kappa shape index (κ1) is 29.4. The molecule has 9 heteroatoms. The van der Waals surface area contributed by atoms with Crippen molar-refractivity contribution in [1.29, 1.82) is 0 Å². The third kappa shape index (κ3) is 5.79. The summed E-state index contributed by atoms with van der Waals surface area (Å²) in [5, 5.41) is 3.33. The Morgan fingerprint density at radius 1 is 1.02 bits per heavy atom. The number of likely N-dealkylation sites (tertiary alicyclic amines) is 1. The molecule has 5 heterocycles. The number of amides is 4. The Bertz CT molecular complexity index is 1120. The van der Waals surface area contributed by atoms with Crippen molar-refractivity contribution < 1.29 is 19.1 Å². The molecular weight excluding hydrogens is 530 g/mol. The fourth-order valence-corrected chi connectivity index (χ4v) is 8.59. The monoisotopic (exact) mass is 579 g/mol. The van der Waals surface area contributed by atoms with E-state index in [1.165, 1.54) is 12.8 Å². The first-order valence-corrected chi connectivity index (χ1v) is 16.3. The molecule has 42 heavy (non-hydrogen) atoms. The number of piperidine rings is 1. The van der Waals surface area contributed by atoms with E-state index in [-0.39, 0.29) is 41.4 Å². The Morgan fingerprint density at radius 3 is 2.31 bits per heavy atom. The zero-order valence-corrected chi connectivity index (χ0v) is 25.7. The molecule has 9 nitrogen and oxygen atoms in total. The summed E-state index contributed by atoms with van der Waals surface area (Å²) in [5.41, 5.74) is 1.05. The van der Waals surface area contributed by atoms with Gasteiger partial charge in [0.05, 0.1) is 17.5 Å². The second kappa shape index (κ2) is 12.2. The third-order valence-electron chi connectivity index (χ3n) is 10.7. The Balaban J connectivity index is 1.11. The smallest absolute Gasteiger partial charge is 0.320 e. The van der Waals surface area contributed by atoms with Crippen LogP contribution in [0.15, 0.2) is 30.3 Å². The number of urea groups is 1. The van der Waals surface area contributed by atoms with Gasteiger partial charge in [-0.1, -0.05) is 30.3 Å². The molecule has 0 saturated carbocycles. The van der Waals surface area contributed by atoms with Gasteiger partial charge in [0.1, 0.15) is 0 Å². The molecule has 5 saturated heterocycles. The number of nitrogens with zero attached hydrogens (tertiary/aromatic N) is 4. The van der Waals surface area contributed by atoms with Crippen molar-refractivity contribution in [3.05, 3.63) is 35.9 Å². The van der Waals surface area contributed by atoms with Crippen molar-refractivity contribution in [2.24, 2.45) is 11.8 Å². The van der Waals surface area contributed by atoms with Gasteiger partial charge in [-0.2, -0.15) is 0 Å². The number of hydrogen-bond acceptors (Lipinski definition) is 5. The molecule has 4 amide bonds. The lowest BCUT2D eigenvalue weighted by Gasteiger charge is -2.49. The molecule has 3 atom stereocenters. The van der Waals surface area contributed by atoms with Crippen LogP contribution in [0.1, 0.15) is 77.3 Å². The fraction of sp³-hybridized carbons (Fsp3) is 0.727. The van der Waals surface area contributed by atoms with Crippen LogP contribution in [-0.2, 0) is 14.3 Å². The van der Waals surface area contributed by atoms with Gasteiger partial charge in [0.25, 0.3) is 0 Å². The van der Waals surface area contributed by atoms with Gasteiger partial charge in [-0.25, -0.2) is 4.79 Å². The van der Waals surface area contributed by atoms with Crippen LogP contribution in [0.5, 0.6) is 0 Å². The molecule has 1 aromatic carbocycles. The average molecular weight is 580 g/mol. The number of hydrogen-bond donors (Lipinski definition) is 1. The molecular formula is C33H49N5O4. The molecule has 1 N–H and O–H groups in total. The number of ether oxygens (including phenoxy) is 1. The largest absolute Gasteiger partial charge is 0.381 e. The normalized spacial score (nSPS) is 29.4. The van der Waals surface area contributed by atoms with Gasteiger partial charge < -0.3 is 24.8 Å². The lowest BCUT2D eigenvalue weighted by atomic mass is 9.81. The van der Waals surface area contributed by atoms with Gasteiger partial charge >= 0.3 is 6.03 Å². The van der Waals surface area contributed by atoms with Gasteiger partial charge in [0.15, 0.2) is 0 Å². The Morgan fingerprint density at radius 2 is 1.69 bits per heavy atom. The highest BCUT2D eigenvalue weighted by Gasteiger charge is 2.57. The first-order valence-electron chi connectivity index (χ1n) is 16.3. The highest BCUT2D eigenvalue weighted by Crippen LogP contribution is 2.48. The van der Waals surface area contributed by atoms with Crippen molar-refractivity contribution in [2.45, 2.75) is 95.4 Å². The van der Waals surface area contributed by atoms with Crippen molar-refractivity contribution in [1.82, 2.24) is 24.9 Å². The molecule has 1 aromatic rings. The standard InChI is InChI=1S/C33H49N5O4/c1-23(2)38-32(41)36(19-25-12-15-42-16-13-25)22-33(38)17-28-9-10-29(18-33)37(28)14-11-30(26-7-5-4-6-8-26)34-31(40)27-20-35(21-27)24(3)39/h4-8,23,25,27-30H,9-22H2,1-3H3,(H,34,40)/t28?,29?,30-,33?/m0/s1. The van der Waals surface area contributed by atoms with E-state index in [1.807, 2.05) is 18.2 Å². The van der Waals surface area contributed by atoms with Crippen LogP contribution >= 0.6 is 0 Å². The van der Waals surface area contributed by atoms with Crippen LogP contribution in [-0.4, -0.2) is 107 Å². The number of nitrogens with one attached hydrogen (secondary N) is 1. The lowest BCUT2D eigenvalue weighted by molar-refractivity contribution is -0.141. The van der Waals surface area contributed by atoms with Crippen LogP contribution in [0.4, 0.5) is 4.79 Å². The van der Waals surface area contributed by atoms with E-state index in [4.69, 9.17) is 4.74 Å².